The molecule has 3 heteroatoms. The average molecular weight is 310 g/mol. The normalized spacial score (nSPS) is 12.9. The summed E-state index contributed by atoms with van der Waals surface area (Å²) in [5.41, 5.74) is 7.03. The lowest BCUT2D eigenvalue weighted by atomic mass is 10.0. The molecule has 0 fully saturated rings. The van der Waals surface area contributed by atoms with E-state index in [1.54, 1.807) is 0 Å². The van der Waals surface area contributed by atoms with Crippen molar-refractivity contribution in [1.29, 1.82) is 0 Å². The zero-order valence-corrected chi connectivity index (χ0v) is 10.5. The summed E-state index contributed by atoms with van der Waals surface area (Å²) in [6.45, 7) is 2.13. The lowest BCUT2D eigenvalue weighted by Gasteiger charge is -2.12. The fourth-order valence-electron chi connectivity index (χ4n) is 1.27. The van der Waals surface area contributed by atoms with E-state index in [0.717, 1.165) is 27.0 Å². The van der Waals surface area contributed by atoms with Gasteiger partial charge in [-0.1, -0.05) is 31.0 Å². The molecule has 1 aromatic rings. The molecule has 0 aliphatic rings. The Labute approximate surface area is 97.8 Å². The highest BCUT2D eigenvalue weighted by Crippen LogP contribution is 2.25. The standard InChI is InChI=1S/C10H13ClIN/c1-2-3-10(13)8-5-4-7(12)6-9(8)11/h4-6,10H,2-3,13H2,1H3. The molecule has 1 nitrogen and oxygen atoms in total. The Balaban J connectivity index is 2.88. The lowest BCUT2D eigenvalue weighted by Crippen LogP contribution is -2.10. The second-order valence-corrected chi connectivity index (χ2v) is 4.71. The highest BCUT2D eigenvalue weighted by atomic mass is 127. The van der Waals surface area contributed by atoms with Crippen molar-refractivity contribution in [2.75, 3.05) is 0 Å². The first-order valence-electron chi connectivity index (χ1n) is 4.35. The summed E-state index contributed by atoms with van der Waals surface area (Å²) >= 11 is 8.32. The monoisotopic (exact) mass is 309 g/mol. The minimum atomic E-state index is 0.0782. The molecule has 13 heavy (non-hydrogen) atoms. The highest BCUT2D eigenvalue weighted by molar-refractivity contribution is 14.1. The van der Waals surface area contributed by atoms with Gasteiger partial charge in [0.2, 0.25) is 0 Å². The van der Waals surface area contributed by atoms with Gasteiger partial charge in [-0.15, -0.1) is 0 Å². The third-order valence-electron chi connectivity index (χ3n) is 1.96. The van der Waals surface area contributed by atoms with E-state index in [4.69, 9.17) is 17.3 Å². The van der Waals surface area contributed by atoms with Crippen LogP contribution in [0.3, 0.4) is 0 Å². The fourth-order valence-corrected chi connectivity index (χ4v) is 2.26. The van der Waals surface area contributed by atoms with Crippen LogP contribution in [0.25, 0.3) is 0 Å². The molecule has 1 atom stereocenters. The molecule has 1 rings (SSSR count). The number of nitrogens with two attached hydrogens (primary N) is 1. The number of rotatable bonds is 3. The minimum absolute atomic E-state index is 0.0782. The second-order valence-electron chi connectivity index (χ2n) is 3.06. The molecular formula is C10H13ClIN. The molecule has 0 bridgehead atoms. The molecule has 0 saturated carbocycles. The molecule has 0 heterocycles. The maximum Gasteiger partial charge on any atom is 0.0464 e. The molecule has 0 aliphatic carbocycles. The summed E-state index contributed by atoms with van der Waals surface area (Å²) in [7, 11) is 0. The molecule has 0 aromatic heterocycles. The molecule has 2 N–H and O–H groups in total. The van der Waals surface area contributed by atoms with Gasteiger partial charge in [-0.3, -0.25) is 0 Å². The van der Waals surface area contributed by atoms with Crippen LogP contribution >= 0.6 is 34.2 Å². The van der Waals surface area contributed by atoms with E-state index in [-0.39, 0.29) is 6.04 Å². The Morgan fingerprint density at radius 2 is 2.23 bits per heavy atom. The Morgan fingerprint density at radius 3 is 2.77 bits per heavy atom. The number of halogens is 2. The van der Waals surface area contributed by atoms with Crippen LogP contribution in [0.5, 0.6) is 0 Å². The van der Waals surface area contributed by atoms with E-state index in [0.29, 0.717) is 0 Å². The highest BCUT2D eigenvalue weighted by Gasteiger charge is 2.08. The van der Waals surface area contributed by atoms with Gasteiger partial charge in [-0.05, 0) is 46.7 Å². The third-order valence-corrected chi connectivity index (χ3v) is 2.96. The Kier molecular flexibility index (Phi) is 4.49. The van der Waals surface area contributed by atoms with Gasteiger partial charge in [0.25, 0.3) is 0 Å². The van der Waals surface area contributed by atoms with Crippen LogP contribution in [0.2, 0.25) is 5.02 Å². The smallest absolute Gasteiger partial charge is 0.0464 e. The van der Waals surface area contributed by atoms with Gasteiger partial charge in [0.1, 0.15) is 0 Å². The summed E-state index contributed by atoms with van der Waals surface area (Å²) < 4.78 is 1.15. The van der Waals surface area contributed by atoms with Gasteiger partial charge in [0, 0.05) is 14.6 Å². The van der Waals surface area contributed by atoms with E-state index in [9.17, 15) is 0 Å². The first-order chi connectivity index (χ1) is 6.15. The SMILES string of the molecule is CCCC(N)c1ccc(I)cc1Cl. The topological polar surface area (TPSA) is 26.0 Å². The summed E-state index contributed by atoms with van der Waals surface area (Å²) in [4.78, 5) is 0. The van der Waals surface area contributed by atoms with Crippen molar-refractivity contribution in [3.05, 3.63) is 32.4 Å². The molecular weight excluding hydrogens is 296 g/mol. The van der Waals surface area contributed by atoms with Crippen molar-refractivity contribution >= 4 is 34.2 Å². The van der Waals surface area contributed by atoms with E-state index in [2.05, 4.69) is 29.5 Å². The quantitative estimate of drug-likeness (QED) is 0.846. The minimum Gasteiger partial charge on any atom is -0.324 e. The van der Waals surface area contributed by atoms with Crippen molar-refractivity contribution in [2.24, 2.45) is 5.73 Å². The number of hydrogen-bond acceptors (Lipinski definition) is 1. The van der Waals surface area contributed by atoms with Gasteiger partial charge >= 0.3 is 0 Å². The summed E-state index contributed by atoms with van der Waals surface area (Å²) in [6.07, 6.45) is 2.07. The number of benzene rings is 1. The van der Waals surface area contributed by atoms with Crippen LogP contribution < -0.4 is 5.73 Å². The molecule has 0 aliphatic heterocycles. The summed E-state index contributed by atoms with van der Waals surface area (Å²) in [6, 6.07) is 6.09. The Morgan fingerprint density at radius 1 is 1.54 bits per heavy atom. The van der Waals surface area contributed by atoms with Crippen LogP contribution in [0.1, 0.15) is 31.4 Å². The first kappa shape index (κ1) is 11.3. The second kappa shape index (κ2) is 5.17. The first-order valence-corrected chi connectivity index (χ1v) is 5.81. The maximum atomic E-state index is 6.08. The van der Waals surface area contributed by atoms with Gasteiger partial charge in [0.15, 0.2) is 0 Å². The van der Waals surface area contributed by atoms with Crippen molar-refractivity contribution in [3.63, 3.8) is 0 Å². The van der Waals surface area contributed by atoms with Crippen LogP contribution in [0.4, 0.5) is 0 Å². The maximum absolute atomic E-state index is 6.08. The van der Waals surface area contributed by atoms with Crippen LogP contribution in [0.15, 0.2) is 18.2 Å². The van der Waals surface area contributed by atoms with Crippen LogP contribution in [-0.4, -0.2) is 0 Å². The van der Waals surface area contributed by atoms with Crippen molar-refractivity contribution < 1.29 is 0 Å². The third kappa shape index (κ3) is 3.11. The van der Waals surface area contributed by atoms with E-state index >= 15 is 0 Å². The average Bonchev–Trinajstić information content (AvgIpc) is 2.04. The lowest BCUT2D eigenvalue weighted by molar-refractivity contribution is 0.638. The van der Waals surface area contributed by atoms with Gasteiger partial charge < -0.3 is 5.73 Å². The molecule has 1 unspecified atom stereocenters. The Hall–Kier alpha value is 0.200. The molecule has 0 amide bonds. The zero-order valence-electron chi connectivity index (χ0n) is 7.56. The zero-order chi connectivity index (χ0) is 9.84. The van der Waals surface area contributed by atoms with Crippen molar-refractivity contribution in [1.82, 2.24) is 0 Å². The van der Waals surface area contributed by atoms with E-state index in [1.165, 1.54) is 0 Å². The molecule has 0 saturated heterocycles. The van der Waals surface area contributed by atoms with E-state index in [1.807, 2.05) is 18.2 Å². The van der Waals surface area contributed by atoms with Crippen LogP contribution in [0, 0.1) is 3.57 Å². The van der Waals surface area contributed by atoms with Crippen LogP contribution in [-0.2, 0) is 0 Å². The predicted octanol–water partition coefficient (Wildman–Crippen LogP) is 3.74. The van der Waals surface area contributed by atoms with Gasteiger partial charge in [-0.2, -0.15) is 0 Å². The summed E-state index contributed by atoms with van der Waals surface area (Å²) in [5.74, 6) is 0. The molecule has 0 radical (unpaired) electrons. The van der Waals surface area contributed by atoms with Gasteiger partial charge in [-0.25, -0.2) is 0 Å². The predicted molar refractivity (Wildman–Crippen MR) is 66.0 cm³/mol. The van der Waals surface area contributed by atoms with Gasteiger partial charge in [0.05, 0.1) is 0 Å². The largest absolute Gasteiger partial charge is 0.324 e. The molecule has 0 spiro atoms. The van der Waals surface area contributed by atoms with E-state index < -0.39 is 0 Å². The number of hydrogen-bond donors (Lipinski definition) is 1. The molecule has 72 valence electrons. The van der Waals surface area contributed by atoms with Crippen molar-refractivity contribution in [3.8, 4) is 0 Å². The van der Waals surface area contributed by atoms with Crippen molar-refractivity contribution in [2.45, 2.75) is 25.8 Å². The molecule has 1 aromatic carbocycles. The Bertz CT molecular complexity index is 288. The summed E-state index contributed by atoms with van der Waals surface area (Å²) in [5, 5.41) is 0.785. The fraction of sp³-hybridized carbons (Fsp3) is 0.400.